The molecule has 3 rings (SSSR count). The smallest absolute Gasteiger partial charge is 0.266 e. The summed E-state index contributed by atoms with van der Waals surface area (Å²) in [4.78, 5) is 26.8. The van der Waals surface area contributed by atoms with Crippen LogP contribution in [0.2, 0.25) is 5.02 Å². The molecule has 2 aromatic carbocycles. The summed E-state index contributed by atoms with van der Waals surface area (Å²) < 4.78 is 5.56. The highest BCUT2D eigenvalue weighted by Crippen LogP contribution is 2.33. The molecule has 28 heavy (non-hydrogen) atoms. The van der Waals surface area contributed by atoms with Gasteiger partial charge in [-0.05, 0) is 29.8 Å². The van der Waals surface area contributed by atoms with E-state index in [-0.39, 0.29) is 24.8 Å². The van der Waals surface area contributed by atoms with Crippen molar-refractivity contribution in [1.29, 1.82) is 0 Å². The Kier molecular flexibility index (Phi) is 6.72. The van der Waals surface area contributed by atoms with Crippen LogP contribution in [0.5, 0.6) is 5.75 Å². The highest BCUT2D eigenvalue weighted by Gasteiger charge is 2.32. The number of benzene rings is 2. The predicted octanol–water partition coefficient (Wildman–Crippen LogP) is 4.58. The third kappa shape index (κ3) is 4.92. The lowest BCUT2D eigenvalue weighted by atomic mass is 10.2. The molecular formula is C20H17ClN2O3S2. The van der Waals surface area contributed by atoms with Gasteiger partial charge in [0.2, 0.25) is 5.91 Å². The number of carbonyl (C=O) groups excluding carboxylic acids is 2. The molecule has 0 radical (unpaired) electrons. The van der Waals surface area contributed by atoms with Crippen LogP contribution in [-0.2, 0) is 9.59 Å². The highest BCUT2D eigenvalue weighted by atomic mass is 35.5. The van der Waals surface area contributed by atoms with Gasteiger partial charge in [-0.15, -0.1) is 0 Å². The van der Waals surface area contributed by atoms with Crippen molar-refractivity contribution >= 4 is 63.5 Å². The number of hydrogen-bond acceptors (Lipinski definition) is 5. The van der Waals surface area contributed by atoms with Crippen LogP contribution in [0.25, 0.3) is 6.08 Å². The molecule has 8 heteroatoms. The first-order chi connectivity index (χ1) is 13.5. The third-order valence-electron chi connectivity index (χ3n) is 3.98. The lowest BCUT2D eigenvalue weighted by molar-refractivity contribution is -0.122. The monoisotopic (exact) mass is 432 g/mol. The predicted molar refractivity (Wildman–Crippen MR) is 118 cm³/mol. The number of rotatable bonds is 6. The summed E-state index contributed by atoms with van der Waals surface area (Å²) in [6.45, 7) is 0.209. The Hall–Kier alpha value is -2.35. The van der Waals surface area contributed by atoms with Crippen molar-refractivity contribution in [2.45, 2.75) is 6.42 Å². The van der Waals surface area contributed by atoms with Crippen LogP contribution in [0.15, 0.2) is 53.4 Å². The Balaban J connectivity index is 1.61. The second kappa shape index (κ2) is 9.23. The van der Waals surface area contributed by atoms with Crippen molar-refractivity contribution in [3.8, 4) is 5.75 Å². The molecule has 1 aliphatic rings. The molecule has 1 fully saturated rings. The van der Waals surface area contributed by atoms with Crippen molar-refractivity contribution in [3.63, 3.8) is 0 Å². The number of nitrogens with zero attached hydrogens (tertiary/aromatic N) is 1. The van der Waals surface area contributed by atoms with Crippen LogP contribution in [0.3, 0.4) is 0 Å². The van der Waals surface area contributed by atoms with Crippen LogP contribution in [0, 0.1) is 0 Å². The summed E-state index contributed by atoms with van der Waals surface area (Å²) in [7, 11) is 1.56. The van der Waals surface area contributed by atoms with Gasteiger partial charge in [0.1, 0.15) is 10.1 Å². The SMILES string of the molecule is COc1cccc(NC(=O)CCN2C(=O)/C(=C\c3ccccc3Cl)SC2=S)c1. The molecule has 144 valence electrons. The van der Waals surface area contributed by atoms with E-state index < -0.39 is 0 Å². The zero-order valence-electron chi connectivity index (χ0n) is 15.0. The first-order valence-corrected chi connectivity index (χ1v) is 10.0. The van der Waals surface area contributed by atoms with E-state index in [1.807, 2.05) is 18.2 Å². The van der Waals surface area contributed by atoms with Gasteiger partial charge in [-0.1, -0.05) is 59.8 Å². The summed E-state index contributed by atoms with van der Waals surface area (Å²) in [6, 6.07) is 14.3. The lowest BCUT2D eigenvalue weighted by Gasteiger charge is -2.14. The van der Waals surface area contributed by atoms with E-state index in [4.69, 9.17) is 28.6 Å². The second-order valence-electron chi connectivity index (χ2n) is 5.88. The Labute approximate surface area is 177 Å². The summed E-state index contributed by atoms with van der Waals surface area (Å²) in [5.74, 6) is 0.223. The molecule has 2 aromatic rings. The van der Waals surface area contributed by atoms with Crippen molar-refractivity contribution < 1.29 is 14.3 Å². The average Bonchev–Trinajstić information content (AvgIpc) is 2.95. The highest BCUT2D eigenvalue weighted by molar-refractivity contribution is 8.26. The molecule has 5 nitrogen and oxygen atoms in total. The molecule has 0 spiro atoms. The fourth-order valence-corrected chi connectivity index (χ4v) is 4.05. The second-order valence-corrected chi connectivity index (χ2v) is 7.97. The summed E-state index contributed by atoms with van der Waals surface area (Å²) >= 11 is 12.7. The van der Waals surface area contributed by atoms with Crippen molar-refractivity contribution in [1.82, 2.24) is 4.90 Å². The van der Waals surface area contributed by atoms with Gasteiger partial charge in [-0.2, -0.15) is 0 Å². The lowest BCUT2D eigenvalue weighted by Crippen LogP contribution is -2.31. The maximum atomic E-state index is 12.6. The van der Waals surface area contributed by atoms with E-state index in [2.05, 4.69) is 5.32 Å². The number of amides is 2. The summed E-state index contributed by atoms with van der Waals surface area (Å²) in [5.41, 5.74) is 1.38. The van der Waals surface area contributed by atoms with E-state index in [1.54, 1.807) is 43.5 Å². The van der Waals surface area contributed by atoms with Gasteiger partial charge >= 0.3 is 0 Å². The van der Waals surface area contributed by atoms with Crippen molar-refractivity contribution in [2.24, 2.45) is 0 Å². The van der Waals surface area contributed by atoms with Gasteiger partial charge in [-0.3, -0.25) is 14.5 Å². The maximum Gasteiger partial charge on any atom is 0.266 e. The van der Waals surface area contributed by atoms with Gasteiger partial charge in [0.15, 0.2) is 0 Å². The van der Waals surface area contributed by atoms with Gasteiger partial charge < -0.3 is 10.1 Å². The number of halogens is 1. The molecule has 0 saturated carbocycles. The minimum Gasteiger partial charge on any atom is -0.497 e. The molecule has 1 N–H and O–H groups in total. The average molecular weight is 433 g/mol. The van der Waals surface area contributed by atoms with E-state index >= 15 is 0 Å². The molecule has 0 bridgehead atoms. The van der Waals surface area contributed by atoms with E-state index in [0.29, 0.717) is 25.7 Å². The Morgan fingerprint density at radius 2 is 2.07 bits per heavy atom. The van der Waals surface area contributed by atoms with Gasteiger partial charge in [0.25, 0.3) is 5.91 Å². The van der Waals surface area contributed by atoms with Gasteiger partial charge in [0.05, 0.1) is 12.0 Å². The number of hydrogen-bond donors (Lipinski definition) is 1. The normalized spacial score (nSPS) is 15.2. The number of anilines is 1. The first kappa shape index (κ1) is 20.4. The molecular weight excluding hydrogens is 416 g/mol. The van der Waals surface area contributed by atoms with Crippen LogP contribution < -0.4 is 10.1 Å². The number of nitrogens with one attached hydrogen (secondary N) is 1. The zero-order chi connectivity index (χ0) is 20.1. The van der Waals surface area contributed by atoms with Gasteiger partial charge in [0, 0.05) is 29.7 Å². The van der Waals surface area contributed by atoms with E-state index in [9.17, 15) is 9.59 Å². The van der Waals surface area contributed by atoms with Gasteiger partial charge in [-0.25, -0.2) is 0 Å². The molecule has 1 saturated heterocycles. The van der Waals surface area contributed by atoms with Crippen LogP contribution in [0.1, 0.15) is 12.0 Å². The van der Waals surface area contributed by atoms with Crippen LogP contribution >= 0.6 is 35.6 Å². The Morgan fingerprint density at radius 3 is 2.82 bits per heavy atom. The molecule has 0 aliphatic carbocycles. The van der Waals surface area contributed by atoms with Crippen LogP contribution in [-0.4, -0.2) is 34.7 Å². The number of thiocarbonyl (C=S) groups is 1. The topological polar surface area (TPSA) is 58.6 Å². The van der Waals surface area contributed by atoms with Crippen molar-refractivity contribution in [2.75, 3.05) is 19.0 Å². The van der Waals surface area contributed by atoms with E-state index in [1.165, 1.54) is 16.7 Å². The molecule has 0 unspecified atom stereocenters. The fourth-order valence-electron chi connectivity index (χ4n) is 2.56. The third-order valence-corrected chi connectivity index (χ3v) is 5.70. The number of ether oxygens (including phenoxy) is 1. The fraction of sp³-hybridized carbons (Fsp3) is 0.150. The minimum absolute atomic E-state index is 0.128. The summed E-state index contributed by atoms with van der Waals surface area (Å²) in [5, 5.41) is 3.35. The maximum absolute atomic E-state index is 12.6. The molecule has 0 atom stereocenters. The van der Waals surface area contributed by atoms with Crippen molar-refractivity contribution in [3.05, 3.63) is 64.0 Å². The largest absolute Gasteiger partial charge is 0.497 e. The number of carbonyl (C=O) groups is 2. The quantitative estimate of drug-likeness (QED) is 0.535. The number of thioether (sulfide) groups is 1. The number of methoxy groups -OCH3 is 1. The summed E-state index contributed by atoms with van der Waals surface area (Å²) in [6.07, 6.45) is 1.85. The molecule has 2 amide bonds. The standard InChI is InChI=1S/C20H17ClN2O3S2/c1-26-15-7-4-6-14(12-15)22-18(24)9-10-23-19(25)17(28-20(23)27)11-13-5-2-3-8-16(13)21/h2-8,11-12H,9-10H2,1H3,(H,22,24)/b17-11+. The Morgan fingerprint density at radius 1 is 1.29 bits per heavy atom. The Bertz CT molecular complexity index is 962. The van der Waals surface area contributed by atoms with Crippen LogP contribution in [0.4, 0.5) is 5.69 Å². The molecule has 1 heterocycles. The first-order valence-electron chi connectivity index (χ1n) is 8.42. The minimum atomic E-state index is -0.218. The van der Waals surface area contributed by atoms with E-state index in [0.717, 1.165) is 5.56 Å². The molecule has 1 aliphatic heterocycles. The zero-order valence-corrected chi connectivity index (χ0v) is 17.4. The molecule has 0 aromatic heterocycles.